The molecule has 2 aliphatic rings. The standard InChI is InChI=1S/C31H29N2O.C24H28GeN.Ir/c1-19-7-6-8-20(2)30(19)27-13-12-25-26-17-23(11-14-29(26)34-31(25)33-27)28-15-21(3)24(18-32-28)16-22-9-4-5-10-22;1-25(2,3)23-17-26-24(16-22(23)14-18-8-4-5-9-18)21-13-12-19-10-6-7-11-20(19)15-21;/h6-8,11-15,18,22H,4-5,9-10,16H2,1-3H3;6-7,10-12,15-18H,4-5,8-9,14H2,1-3H3;/q2*-1;. The third-order valence-corrected chi connectivity index (χ3v) is 17.5. The van der Waals surface area contributed by atoms with E-state index in [1.165, 1.54) is 96.4 Å². The fourth-order valence-electron chi connectivity index (χ4n) is 9.84. The van der Waals surface area contributed by atoms with Gasteiger partial charge < -0.3 is 4.42 Å². The molecule has 2 fully saturated rings. The van der Waals surface area contributed by atoms with Crippen LogP contribution in [0.4, 0.5) is 0 Å². The van der Waals surface area contributed by atoms with Crippen molar-refractivity contribution in [3.63, 3.8) is 0 Å². The molecule has 8 aromatic rings. The number of benzene rings is 4. The van der Waals surface area contributed by atoms with Crippen LogP contribution in [-0.4, -0.2) is 28.2 Å². The topological polar surface area (TPSA) is 51.8 Å². The molecule has 10 rings (SSSR count). The summed E-state index contributed by atoms with van der Waals surface area (Å²) in [5, 5.41) is 4.45. The number of furan rings is 1. The van der Waals surface area contributed by atoms with Crippen LogP contribution in [0.3, 0.4) is 0 Å². The van der Waals surface area contributed by atoms with Crippen molar-refractivity contribution >= 4 is 50.5 Å². The van der Waals surface area contributed by atoms with Crippen LogP contribution in [0.1, 0.15) is 79.2 Å². The van der Waals surface area contributed by atoms with Gasteiger partial charge in [-0.1, -0.05) is 78.6 Å². The first kappa shape index (κ1) is 43.2. The maximum atomic E-state index is 6.14. The van der Waals surface area contributed by atoms with E-state index < -0.39 is 13.3 Å². The van der Waals surface area contributed by atoms with Gasteiger partial charge in [0.1, 0.15) is 0 Å². The minimum atomic E-state index is -1.92. The third kappa shape index (κ3) is 9.50. The van der Waals surface area contributed by atoms with E-state index in [-0.39, 0.29) is 20.1 Å². The molecule has 1 radical (unpaired) electrons. The zero-order valence-corrected chi connectivity index (χ0v) is 41.1. The van der Waals surface area contributed by atoms with Crippen LogP contribution in [0.5, 0.6) is 0 Å². The number of nitrogens with zero attached hydrogens (tertiary/aromatic N) is 3. The predicted molar refractivity (Wildman–Crippen MR) is 254 cm³/mol. The van der Waals surface area contributed by atoms with Crippen LogP contribution in [0.25, 0.3) is 66.6 Å². The second-order valence-electron chi connectivity index (χ2n) is 18.7. The van der Waals surface area contributed by atoms with Gasteiger partial charge >= 0.3 is 160 Å². The maximum Gasteiger partial charge on any atom is 0 e. The van der Waals surface area contributed by atoms with Gasteiger partial charge in [0.05, 0.1) is 11.3 Å². The zero-order chi connectivity index (χ0) is 41.4. The second-order valence-corrected chi connectivity index (χ2v) is 29.3. The minimum Gasteiger partial charge on any atom is 0 e. The van der Waals surface area contributed by atoms with Crippen molar-refractivity contribution in [3.05, 3.63) is 143 Å². The number of fused-ring (bicyclic) bond motifs is 4. The fourth-order valence-corrected chi connectivity index (χ4v) is 13.2. The first-order valence-electron chi connectivity index (χ1n) is 22.3. The van der Waals surface area contributed by atoms with E-state index in [1.807, 2.05) is 6.07 Å². The Hall–Kier alpha value is -4.42. The average molecular weight is 1040 g/mol. The molecule has 0 atom stereocenters. The number of hydrogen-bond acceptors (Lipinski definition) is 4. The zero-order valence-electron chi connectivity index (χ0n) is 36.6. The summed E-state index contributed by atoms with van der Waals surface area (Å²) in [6.07, 6.45) is 17.8. The fraction of sp³-hybridized carbons (Fsp3) is 0.327. The quantitative estimate of drug-likeness (QED) is 0.112. The molecular weight excluding hydrogens is 983 g/mol. The van der Waals surface area contributed by atoms with Gasteiger partial charge in [-0.25, -0.2) is 4.98 Å². The molecule has 4 aromatic heterocycles. The summed E-state index contributed by atoms with van der Waals surface area (Å²) in [6.45, 7) is 6.46. The number of rotatable bonds is 8. The molecule has 0 bridgehead atoms. The second kappa shape index (κ2) is 18.5. The molecule has 0 spiro atoms. The Morgan fingerprint density at radius 3 is 1.98 bits per heavy atom. The molecule has 0 amide bonds. The molecule has 2 aliphatic carbocycles. The van der Waals surface area contributed by atoms with Crippen LogP contribution in [0, 0.1) is 44.7 Å². The van der Waals surface area contributed by atoms with Crippen molar-refractivity contribution in [2.45, 2.75) is 102 Å². The van der Waals surface area contributed by atoms with Crippen LogP contribution in [0.15, 0.2) is 108 Å². The molecule has 4 aromatic carbocycles. The number of aryl methyl sites for hydroxylation is 3. The van der Waals surface area contributed by atoms with Crippen LogP contribution < -0.4 is 4.40 Å². The van der Waals surface area contributed by atoms with E-state index in [0.717, 1.165) is 62.8 Å². The van der Waals surface area contributed by atoms with E-state index in [4.69, 9.17) is 19.4 Å². The maximum absolute atomic E-state index is 6.14. The summed E-state index contributed by atoms with van der Waals surface area (Å²) < 4.78 is 7.72. The SMILES string of the molecule is Cc1cc(-c2[c-]c3c(cc2)oc2nc(-c4c(C)cccc4C)ccc23)ncc1CC1CCCC1.[CH3][Ge]([CH3])([CH3])[c]1cnc(-c2[c-]cc3ccccc3c2)cc1CC1CCCC1.[Ir]. The summed E-state index contributed by atoms with van der Waals surface area (Å²) in [4.78, 5) is 14.6. The van der Waals surface area contributed by atoms with Gasteiger partial charge in [0.15, 0.2) is 5.71 Å². The van der Waals surface area contributed by atoms with Crippen LogP contribution in [-0.2, 0) is 32.9 Å². The molecule has 0 unspecified atom stereocenters. The first-order chi connectivity index (χ1) is 29.1. The van der Waals surface area contributed by atoms with E-state index in [0.29, 0.717) is 5.71 Å². The van der Waals surface area contributed by atoms with Gasteiger partial charge in [0, 0.05) is 37.6 Å². The summed E-state index contributed by atoms with van der Waals surface area (Å²) in [7, 11) is 0. The summed E-state index contributed by atoms with van der Waals surface area (Å²) in [6, 6.07) is 39.1. The minimum absolute atomic E-state index is 0. The Morgan fingerprint density at radius 1 is 0.639 bits per heavy atom. The van der Waals surface area contributed by atoms with E-state index in [1.54, 1.807) is 9.96 Å². The molecule has 2 saturated carbocycles. The van der Waals surface area contributed by atoms with Crippen molar-refractivity contribution in [2.75, 3.05) is 0 Å². The smallest absolute Gasteiger partial charge is 0 e. The van der Waals surface area contributed by atoms with Gasteiger partial charge in [0.2, 0.25) is 0 Å². The largest absolute Gasteiger partial charge is 0 e. The van der Waals surface area contributed by atoms with Crippen molar-refractivity contribution in [2.24, 2.45) is 11.8 Å². The molecule has 61 heavy (non-hydrogen) atoms. The Balaban J connectivity index is 0.000000172. The summed E-state index contributed by atoms with van der Waals surface area (Å²) in [5.74, 6) is 9.15. The van der Waals surface area contributed by atoms with E-state index in [2.05, 4.69) is 147 Å². The van der Waals surface area contributed by atoms with Crippen molar-refractivity contribution < 1.29 is 24.5 Å². The van der Waals surface area contributed by atoms with Gasteiger partial charge in [-0.3, -0.25) is 4.98 Å². The number of aromatic nitrogens is 3. The normalized spacial score (nSPS) is 14.7. The first-order valence-corrected chi connectivity index (χ1v) is 29.6. The molecule has 4 heterocycles. The number of pyridine rings is 3. The molecular formula is C55H57GeIrN3O-2. The Morgan fingerprint density at radius 2 is 1.30 bits per heavy atom. The summed E-state index contributed by atoms with van der Waals surface area (Å²) in [5.41, 5.74) is 14.4. The summed E-state index contributed by atoms with van der Waals surface area (Å²) >= 11 is -1.92. The van der Waals surface area contributed by atoms with E-state index >= 15 is 0 Å². The van der Waals surface area contributed by atoms with Crippen molar-refractivity contribution in [1.29, 1.82) is 0 Å². The van der Waals surface area contributed by atoms with Gasteiger partial charge in [0.25, 0.3) is 0 Å². The molecule has 0 N–H and O–H groups in total. The monoisotopic (exact) mass is 1040 g/mol. The molecule has 6 heteroatoms. The van der Waals surface area contributed by atoms with Crippen molar-refractivity contribution in [1.82, 2.24) is 15.0 Å². The van der Waals surface area contributed by atoms with Crippen LogP contribution in [0.2, 0.25) is 17.3 Å². The number of hydrogen-bond donors (Lipinski definition) is 0. The van der Waals surface area contributed by atoms with E-state index in [9.17, 15) is 0 Å². The van der Waals surface area contributed by atoms with Gasteiger partial charge in [-0.2, -0.15) is 0 Å². The molecule has 0 aliphatic heterocycles. The molecule has 313 valence electrons. The third-order valence-electron chi connectivity index (χ3n) is 13.2. The van der Waals surface area contributed by atoms with Gasteiger partial charge in [-0.05, 0) is 61.3 Å². The van der Waals surface area contributed by atoms with Crippen LogP contribution >= 0.6 is 0 Å². The predicted octanol–water partition coefficient (Wildman–Crippen LogP) is 14.1. The molecule has 0 saturated heterocycles. The molecule has 4 nitrogen and oxygen atoms in total. The van der Waals surface area contributed by atoms with Gasteiger partial charge in [-0.15, -0.1) is 12.1 Å². The average Bonchev–Trinajstić information content (AvgIpc) is 4.03. The Kier molecular flexibility index (Phi) is 13.1. The Labute approximate surface area is 378 Å². The van der Waals surface area contributed by atoms with Crippen molar-refractivity contribution in [3.8, 4) is 33.8 Å². The Bertz CT molecular complexity index is 2800.